The van der Waals surface area contributed by atoms with Gasteiger partial charge in [-0.15, -0.1) is 0 Å². The van der Waals surface area contributed by atoms with Crippen LogP contribution in [0.5, 0.6) is 0 Å². The van der Waals surface area contributed by atoms with Gasteiger partial charge in [0, 0.05) is 31.0 Å². The van der Waals surface area contributed by atoms with Crippen LogP contribution in [-0.2, 0) is 6.54 Å². The quantitative estimate of drug-likeness (QED) is 0.613. The van der Waals surface area contributed by atoms with Crippen LogP contribution in [0, 0.1) is 5.92 Å². The maximum absolute atomic E-state index is 5.58. The zero-order valence-corrected chi connectivity index (χ0v) is 13.9. The van der Waals surface area contributed by atoms with Gasteiger partial charge in [-0.05, 0) is 50.5 Å². The predicted molar refractivity (Wildman–Crippen MR) is 94.4 cm³/mol. The van der Waals surface area contributed by atoms with E-state index in [1.165, 1.54) is 31.2 Å². The molecule has 2 aliphatic carbocycles. The number of anilines is 3. The Labute approximate surface area is 142 Å². The van der Waals surface area contributed by atoms with Crippen molar-refractivity contribution in [3.05, 3.63) is 24.2 Å². The van der Waals surface area contributed by atoms with Crippen LogP contribution in [0.3, 0.4) is 0 Å². The highest BCUT2D eigenvalue weighted by Gasteiger charge is 2.27. The first-order valence-electron chi connectivity index (χ1n) is 8.92. The highest BCUT2D eigenvalue weighted by atomic mass is 15.3. The zero-order valence-electron chi connectivity index (χ0n) is 13.9. The molecule has 24 heavy (non-hydrogen) atoms. The average Bonchev–Trinajstić information content (AvgIpc) is 3.49. The summed E-state index contributed by atoms with van der Waals surface area (Å²) in [5.74, 6) is 2.97. The summed E-state index contributed by atoms with van der Waals surface area (Å²) in [4.78, 5) is 9.16. The molecule has 2 aromatic heterocycles. The van der Waals surface area contributed by atoms with Crippen LogP contribution in [-0.4, -0.2) is 32.8 Å². The van der Waals surface area contributed by atoms with Gasteiger partial charge in [-0.3, -0.25) is 4.68 Å². The van der Waals surface area contributed by atoms with E-state index >= 15 is 0 Å². The van der Waals surface area contributed by atoms with E-state index in [-0.39, 0.29) is 0 Å². The summed E-state index contributed by atoms with van der Waals surface area (Å²) in [5, 5.41) is 11.1. The minimum absolute atomic E-state index is 0.612. The lowest BCUT2D eigenvalue weighted by molar-refractivity contribution is 0.563. The molecule has 0 spiro atoms. The van der Waals surface area contributed by atoms with Gasteiger partial charge < -0.3 is 16.4 Å². The Kier molecular flexibility index (Phi) is 4.34. The fourth-order valence-corrected chi connectivity index (χ4v) is 2.82. The summed E-state index contributed by atoms with van der Waals surface area (Å²) >= 11 is 0. The lowest BCUT2D eigenvalue weighted by atomic mass is 10.2. The molecule has 0 unspecified atom stereocenters. The smallest absolute Gasteiger partial charge is 0.229 e. The second kappa shape index (κ2) is 6.76. The van der Waals surface area contributed by atoms with Crippen LogP contribution >= 0.6 is 0 Å². The van der Waals surface area contributed by atoms with Gasteiger partial charge in [0.05, 0.1) is 11.9 Å². The first-order valence-corrected chi connectivity index (χ1v) is 8.92. The molecular weight excluding hydrogens is 302 g/mol. The Morgan fingerprint density at radius 1 is 1.21 bits per heavy atom. The molecule has 2 aliphatic rings. The van der Waals surface area contributed by atoms with Crippen molar-refractivity contribution in [1.82, 2.24) is 19.7 Å². The third-order valence-corrected chi connectivity index (χ3v) is 4.54. The molecule has 128 valence electrons. The summed E-state index contributed by atoms with van der Waals surface area (Å²) in [6, 6.07) is 0. The van der Waals surface area contributed by atoms with Crippen molar-refractivity contribution in [2.75, 3.05) is 23.7 Å². The maximum atomic E-state index is 5.58. The minimum Gasteiger partial charge on any atom is -0.370 e. The van der Waals surface area contributed by atoms with Gasteiger partial charge in [-0.2, -0.15) is 10.1 Å². The van der Waals surface area contributed by atoms with Gasteiger partial charge >= 0.3 is 0 Å². The molecule has 0 radical (unpaired) electrons. The van der Waals surface area contributed by atoms with E-state index in [4.69, 9.17) is 5.73 Å². The van der Waals surface area contributed by atoms with Gasteiger partial charge in [-0.1, -0.05) is 0 Å². The number of hydrogen-bond donors (Lipinski definition) is 3. The normalized spacial score (nSPS) is 17.0. The van der Waals surface area contributed by atoms with E-state index in [9.17, 15) is 0 Å². The van der Waals surface area contributed by atoms with E-state index in [1.54, 1.807) is 0 Å². The van der Waals surface area contributed by atoms with Crippen molar-refractivity contribution >= 4 is 17.5 Å². The van der Waals surface area contributed by atoms with E-state index in [0.29, 0.717) is 18.4 Å². The Hall–Kier alpha value is -2.15. The molecule has 2 saturated carbocycles. The summed E-state index contributed by atoms with van der Waals surface area (Å²) in [7, 11) is 0. The Morgan fingerprint density at radius 2 is 2.08 bits per heavy atom. The number of nitrogens with two attached hydrogens (primary N) is 1. The van der Waals surface area contributed by atoms with Crippen molar-refractivity contribution in [2.24, 2.45) is 11.7 Å². The largest absolute Gasteiger partial charge is 0.370 e. The van der Waals surface area contributed by atoms with Gasteiger partial charge in [0.1, 0.15) is 5.82 Å². The second-order valence-electron chi connectivity index (χ2n) is 6.86. The van der Waals surface area contributed by atoms with E-state index in [1.807, 2.05) is 23.3 Å². The molecule has 2 aromatic rings. The molecular formula is C17H25N7. The number of nitrogens with one attached hydrogen (secondary N) is 2. The van der Waals surface area contributed by atoms with Gasteiger partial charge in [-0.25, -0.2) is 4.98 Å². The van der Waals surface area contributed by atoms with Crippen LogP contribution in [0.1, 0.15) is 43.6 Å². The fourth-order valence-electron chi connectivity index (χ4n) is 2.82. The summed E-state index contributed by atoms with van der Waals surface area (Å²) in [6.45, 7) is 2.53. The molecule has 4 rings (SSSR count). The summed E-state index contributed by atoms with van der Waals surface area (Å²) in [5.41, 5.74) is 7.74. The molecule has 2 fully saturated rings. The van der Waals surface area contributed by atoms with Gasteiger partial charge in [0.25, 0.3) is 0 Å². The first-order chi connectivity index (χ1) is 11.8. The van der Waals surface area contributed by atoms with E-state index in [0.717, 1.165) is 36.9 Å². The molecule has 0 aromatic carbocycles. The first kappa shape index (κ1) is 15.4. The van der Waals surface area contributed by atoms with Crippen LogP contribution in [0.4, 0.5) is 17.5 Å². The zero-order chi connectivity index (χ0) is 16.4. The SMILES string of the molecule is NCCCNc1nc(Nc2cnn(CC3CC3)c2)ncc1C1CC1. The highest BCUT2D eigenvalue weighted by molar-refractivity contribution is 5.55. The summed E-state index contributed by atoms with van der Waals surface area (Å²) in [6.07, 6.45) is 11.9. The Balaban J connectivity index is 1.45. The van der Waals surface area contributed by atoms with Crippen molar-refractivity contribution < 1.29 is 0 Å². The van der Waals surface area contributed by atoms with Gasteiger partial charge in [0.2, 0.25) is 5.95 Å². The van der Waals surface area contributed by atoms with Crippen molar-refractivity contribution in [3.63, 3.8) is 0 Å². The Morgan fingerprint density at radius 3 is 2.83 bits per heavy atom. The van der Waals surface area contributed by atoms with Crippen molar-refractivity contribution in [3.8, 4) is 0 Å². The van der Waals surface area contributed by atoms with Crippen molar-refractivity contribution in [2.45, 2.75) is 44.6 Å². The summed E-state index contributed by atoms with van der Waals surface area (Å²) < 4.78 is 2.00. The molecule has 0 aliphatic heterocycles. The van der Waals surface area contributed by atoms with Crippen LogP contribution < -0.4 is 16.4 Å². The molecule has 0 saturated heterocycles. The number of hydrogen-bond acceptors (Lipinski definition) is 6. The molecule has 0 amide bonds. The minimum atomic E-state index is 0.612. The second-order valence-corrected chi connectivity index (χ2v) is 6.86. The maximum Gasteiger partial charge on any atom is 0.229 e. The molecule has 7 nitrogen and oxygen atoms in total. The molecule has 2 heterocycles. The molecule has 4 N–H and O–H groups in total. The standard InChI is InChI=1S/C17H25N7/c18-6-1-7-19-16-15(13-4-5-13)9-20-17(23-16)22-14-8-21-24(11-14)10-12-2-3-12/h8-9,11-13H,1-7,10,18H2,(H2,19,20,22,23). The fraction of sp³-hybridized carbons (Fsp3) is 0.588. The van der Waals surface area contributed by atoms with E-state index < -0.39 is 0 Å². The Bertz CT molecular complexity index is 688. The monoisotopic (exact) mass is 327 g/mol. The topological polar surface area (TPSA) is 93.7 Å². The predicted octanol–water partition coefficient (Wildman–Crippen LogP) is 2.46. The van der Waals surface area contributed by atoms with Crippen LogP contribution in [0.25, 0.3) is 0 Å². The molecule has 0 atom stereocenters. The van der Waals surface area contributed by atoms with Gasteiger partial charge in [0.15, 0.2) is 0 Å². The van der Waals surface area contributed by atoms with Crippen LogP contribution in [0.15, 0.2) is 18.6 Å². The van der Waals surface area contributed by atoms with E-state index in [2.05, 4.69) is 25.7 Å². The molecule has 0 bridgehead atoms. The number of nitrogens with zero attached hydrogens (tertiary/aromatic N) is 4. The van der Waals surface area contributed by atoms with Crippen molar-refractivity contribution in [1.29, 1.82) is 0 Å². The highest BCUT2D eigenvalue weighted by Crippen LogP contribution is 2.42. The third-order valence-electron chi connectivity index (χ3n) is 4.54. The third kappa shape index (κ3) is 3.84. The number of aromatic nitrogens is 4. The lowest BCUT2D eigenvalue weighted by Crippen LogP contribution is -2.12. The average molecular weight is 327 g/mol. The molecule has 7 heteroatoms. The van der Waals surface area contributed by atoms with Crippen LogP contribution in [0.2, 0.25) is 0 Å². The lowest BCUT2D eigenvalue weighted by Gasteiger charge is -2.11. The number of rotatable bonds is 9.